The molecular formula is C20H20N4O3S. The van der Waals surface area contributed by atoms with E-state index in [2.05, 4.69) is 26.9 Å². The van der Waals surface area contributed by atoms with Crippen molar-refractivity contribution in [1.82, 2.24) is 10.3 Å². The van der Waals surface area contributed by atoms with Crippen LogP contribution in [-0.2, 0) is 10.0 Å². The number of hydrogen-bond acceptors (Lipinski definition) is 4. The molecule has 0 aliphatic rings. The lowest BCUT2D eigenvalue weighted by atomic mass is 10.2. The van der Waals surface area contributed by atoms with Gasteiger partial charge in [0.15, 0.2) is 0 Å². The van der Waals surface area contributed by atoms with E-state index < -0.39 is 10.0 Å². The van der Waals surface area contributed by atoms with Gasteiger partial charge in [-0.05, 0) is 48.9 Å². The summed E-state index contributed by atoms with van der Waals surface area (Å²) in [6, 6.07) is 12.9. The number of carbonyl (C=O) groups is 1. The SMILES string of the molecule is C=CCNC(=O)Nc1ccc(NS(=O)(=O)c2cccc3cc(C)cnc23)cc1. The molecule has 0 radical (unpaired) electrons. The summed E-state index contributed by atoms with van der Waals surface area (Å²) in [4.78, 5) is 16.0. The molecule has 28 heavy (non-hydrogen) atoms. The van der Waals surface area contributed by atoms with Gasteiger partial charge < -0.3 is 10.6 Å². The lowest BCUT2D eigenvalue weighted by Crippen LogP contribution is -2.28. The molecule has 7 nitrogen and oxygen atoms in total. The Labute approximate surface area is 163 Å². The smallest absolute Gasteiger partial charge is 0.319 e. The number of aromatic nitrogens is 1. The van der Waals surface area contributed by atoms with Crippen LogP contribution in [0.5, 0.6) is 0 Å². The molecule has 1 aromatic heterocycles. The zero-order chi connectivity index (χ0) is 20.1. The molecule has 0 aliphatic carbocycles. The third-order valence-electron chi connectivity index (χ3n) is 3.90. The van der Waals surface area contributed by atoms with E-state index in [1.165, 1.54) is 6.07 Å². The summed E-state index contributed by atoms with van der Waals surface area (Å²) in [7, 11) is -3.82. The number of nitrogens with one attached hydrogen (secondary N) is 3. The number of carbonyl (C=O) groups excluding carboxylic acids is 1. The van der Waals surface area contributed by atoms with E-state index in [1.807, 2.05) is 19.1 Å². The molecule has 144 valence electrons. The molecule has 0 fully saturated rings. The average molecular weight is 396 g/mol. The summed E-state index contributed by atoms with van der Waals surface area (Å²) < 4.78 is 28.2. The van der Waals surface area contributed by atoms with Crippen LogP contribution in [0.15, 0.2) is 72.3 Å². The number of sulfonamides is 1. The maximum atomic E-state index is 12.8. The van der Waals surface area contributed by atoms with Gasteiger partial charge in [0, 0.05) is 29.5 Å². The topological polar surface area (TPSA) is 100 Å². The fourth-order valence-corrected chi connectivity index (χ4v) is 3.87. The highest BCUT2D eigenvalue weighted by Gasteiger charge is 2.18. The van der Waals surface area contributed by atoms with Crippen molar-refractivity contribution in [3.63, 3.8) is 0 Å². The molecule has 0 atom stereocenters. The number of amides is 2. The van der Waals surface area contributed by atoms with Crippen molar-refractivity contribution < 1.29 is 13.2 Å². The van der Waals surface area contributed by atoms with Crippen LogP contribution in [0.1, 0.15) is 5.56 Å². The van der Waals surface area contributed by atoms with Gasteiger partial charge in [-0.1, -0.05) is 18.2 Å². The predicted octanol–water partition coefficient (Wildman–Crippen LogP) is 3.65. The lowest BCUT2D eigenvalue weighted by Gasteiger charge is -2.11. The summed E-state index contributed by atoms with van der Waals surface area (Å²) in [5, 5.41) is 5.99. The minimum Gasteiger partial charge on any atom is -0.334 e. The quantitative estimate of drug-likeness (QED) is 0.554. The summed E-state index contributed by atoms with van der Waals surface area (Å²) >= 11 is 0. The van der Waals surface area contributed by atoms with E-state index in [9.17, 15) is 13.2 Å². The number of aryl methyl sites for hydroxylation is 1. The predicted molar refractivity (Wildman–Crippen MR) is 111 cm³/mol. The third-order valence-corrected chi connectivity index (χ3v) is 5.32. The van der Waals surface area contributed by atoms with Gasteiger partial charge >= 0.3 is 6.03 Å². The van der Waals surface area contributed by atoms with Crippen molar-refractivity contribution in [2.75, 3.05) is 16.6 Å². The van der Waals surface area contributed by atoms with Gasteiger partial charge in [-0.3, -0.25) is 9.71 Å². The maximum Gasteiger partial charge on any atom is 0.319 e. The van der Waals surface area contributed by atoms with Crippen molar-refractivity contribution in [3.05, 3.63) is 72.9 Å². The third kappa shape index (κ3) is 4.47. The number of rotatable bonds is 6. The van der Waals surface area contributed by atoms with Gasteiger partial charge in [0.1, 0.15) is 4.90 Å². The second-order valence-electron chi connectivity index (χ2n) is 6.15. The normalized spacial score (nSPS) is 11.0. The first-order valence-corrected chi connectivity index (χ1v) is 10.0. The van der Waals surface area contributed by atoms with E-state index in [1.54, 1.807) is 42.6 Å². The standard InChI is InChI=1S/C20H20N4O3S/c1-3-11-21-20(25)23-16-7-9-17(10-8-16)24-28(26,27)18-6-4-5-15-12-14(2)13-22-19(15)18/h3-10,12-13,24H,1,11H2,2H3,(H2,21,23,25). The van der Waals surface area contributed by atoms with Crippen molar-refractivity contribution in [2.45, 2.75) is 11.8 Å². The zero-order valence-corrected chi connectivity index (χ0v) is 16.1. The van der Waals surface area contributed by atoms with Crippen LogP contribution >= 0.6 is 0 Å². The molecule has 0 saturated carbocycles. The Morgan fingerprint density at radius 3 is 2.57 bits per heavy atom. The first-order valence-electron chi connectivity index (χ1n) is 8.53. The molecular weight excluding hydrogens is 376 g/mol. The number of urea groups is 1. The van der Waals surface area contributed by atoms with E-state index in [0.29, 0.717) is 23.4 Å². The van der Waals surface area contributed by atoms with Gasteiger partial charge in [-0.15, -0.1) is 6.58 Å². The molecule has 0 saturated heterocycles. The zero-order valence-electron chi connectivity index (χ0n) is 15.3. The number of hydrogen-bond donors (Lipinski definition) is 3. The minimum absolute atomic E-state index is 0.107. The molecule has 8 heteroatoms. The summed E-state index contributed by atoms with van der Waals surface area (Å²) in [6.07, 6.45) is 3.21. The molecule has 2 amide bonds. The number of para-hydroxylation sites is 1. The maximum absolute atomic E-state index is 12.8. The van der Waals surface area contributed by atoms with Crippen molar-refractivity contribution in [3.8, 4) is 0 Å². The molecule has 0 unspecified atom stereocenters. The van der Waals surface area contributed by atoms with Gasteiger partial charge in [0.25, 0.3) is 10.0 Å². The first-order chi connectivity index (χ1) is 13.4. The Balaban J connectivity index is 1.80. The van der Waals surface area contributed by atoms with Crippen molar-refractivity contribution >= 4 is 38.3 Å². The second-order valence-corrected chi connectivity index (χ2v) is 7.80. The monoisotopic (exact) mass is 396 g/mol. The molecule has 2 aromatic carbocycles. The van der Waals surface area contributed by atoms with Gasteiger partial charge in [-0.25, -0.2) is 13.2 Å². The van der Waals surface area contributed by atoms with E-state index in [4.69, 9.17) is 0 Å². The number of benzene rings is 2. The highest BCUT2D eigenvalue weighted by atomic mass is 32.2. The van der Waals surface area contributed by atoms with Crippen LogP contribution in [0.25, 0.3) is 10.9 Å². The number of anilines is 2. The van der Waals surface area contributed by atoms with Crippen LogP contribution in [0.4, 0.5) is 16.2 Å². The minimum atomic E-state index is -3.82. The van der Waals surface area contributed by atoms with Crippen LogP contribution in [0.3, 0.4) is 0 Å². The fraction of sp³-hybridized carbons (Fsp3) is 0.100. The molecule has 3 aromatic rings. The first kappa shape index (κ1) is 19.4. The number of nitrogens with zero attached hydrogens (tertiary/aromatic N) is 1. The van der Waals surface area contributed by atoms with E-state index >= 15 is 0 Å². The van der Waals surface area contributed by atoms with Crippen molar-refractivity contribution in [1.29, 1.82) is 0 Å². The summed E-state index contributed by atoms with van der Waals surface area (Å²) in [5.41, 5.74) is 2.28. The lowest BCUT2D eigenvalue weighted by molar-refractivity contribution is 0.253. The average Bonchev–Trinajstić information content (AvgIpc) is 2.67. The fourth-order valence-electron chi connectivity index (χ4n) is 2.63. The number of fused-ring (bicyclic) bond motifs is 1. The van der Waals surface area contributed by atoms with E-state index in [-0.39, 0.29) is 10.9 Å². The Morgan fingerprint density at radius 2 is 1.86 bits per heavy atom. The largest absolute Gasteiger partial charge is 0.334 e. The molecule has 0 aliphatic heterocycles. The van der Waals surface area contributed by atoms with Crippen LogP contribution in [-0.4, -0.2) is 26.0 Å². The molecule has 0 bridgehead atoms. The second kappa shape index (κ2) is 8.10. The van der Waals surface area contributed by atoms with Crippen LogP contribution in [0, 0.1) is 6.92 Å². The van der Waals surface area contributed by atoms with Gasteiger partial charge in [-0.2, -0.15) is 0 Å². The molecule has 0 spiro atoms. The summed E-state index contributed by atoms with van der Waals surface area (Å²) in [6.45, 7) is 5.77. The number of pyridine rings is 1. The molecule has 3 rings (SSSR count). The van der Waals surface area contributed by atoms with Gasteiger partial charge in [0.05, 0.1) is 5.52 Å². The van der Waals surface area contributed by atoms with E-state index in [0.717, 1.165) is 10.9 Å². The Morgan fingerprint density at radius 1 is 1.14 bits per heavy atom. The highest BCUT2D eigenvalue weighted by molar-refractivity contribution is 7.93. The Kier molecular flexibility index (Phi) is 5.60. The Hall–Kier alpha value is -3.39. The molecule has 3 N–H and O–H groups in total. The van der Waals surface area contributed by atoms with Crippen LogP contribution < -0.4 is 15.4 Å². The Bertz CT molecular complexity index is 1130. The van der Waals surface area contributed by atoms with Crippen molar-refractivity contribution in [2.24, 2.45) is 0 Å². The summed E-state index contributed by atoms with van der Waals surface area (Å²) in [5.74, 6) is 0. The van der Waals surface area contributed by atoms with Gasteiger partial charge in [0.2, 0.25) is 0 Å². The molecule has 1 heterocycles. The van der Waals surface area contributed by atoms with Crippen LogP contribution in [0.2, 0.25) is 0 Å². The highest BCUT2D eigenvalue weighted by Crippen LogP contribution is 2.24.